The third-order valence-electron chi connectivity index (χ3n) is 5.34. The Morgan fingerprint density at radius 1 is 1.22 bits per heavy atom. The summed E-state index contributed by atoms with van der Waals surface area (Å²) in [6, 6.07) is 4.17. The van der Waals surface area contributed by atoms with E-state index in [1.165, 1.54) is 30.6 Å². The standard InChI is InChI=1S/C20H13F5N4O3/c21-18(22)14-17(31-8-28-14)19(30)29-6-5-10-13(27-7-26-10)15(29)16-12(20(23,24)25)9-3-1-2-4-11(9)32-16/h1-4,7-8,15,18H,5-6H2,(H,26,27)/t15-/m1/s1. The topological polar surface area (TPSA) is 88.2 Å². The number of aromatic amines is 1. The van der Waals surface area contributed by atoms with Crippen LogP contribution in [-0.2, 0) is 12.6 Å². The number of nitrogens with zero attached hydrogens (tertiary/aromatic N) is 3. The van der Waals surface area contributed by atoms with Crippen LogP contribution in [0.25, 0.3) is 11.0 Å². The second-order valence-corrected chi connectivity index (χ2v) is 7.12. The molecule has 12 heteroatoms. The number of fused-ring (bicyclic) bond motifs is 2. The second kappa shape index (κ2) is 7.18. The molecule has 4 heterocycles. The molecule has 0 fully saturated rings. The Morgan fingerprint density at radius 3 is 2.75 bits per heavy atom. The maximum absolute atomic E-state index is 14.1. The molecule has 0 radical (unpaired) electrons. The van der Waals surface area contributed by atoms with Crippen molar-refractivity contribution in [1.82, 2.24) is 19.9 Å². The molecule has 0 aliphatic carbocycles. The summed E-state index contributed by atoms with van der Waals surface area (Å²) in [6.45, 7) is -0.0869. The maximum Gasteiger partial charge on any atom is 0.420 e. The molecule has 32 heavy (non-hydrogen) atoms. The van der Waals surface area contributed by atoms with Crippen molar-refractivity contribution >= 4 is 16.9 Å². The molecule has 0 bridgehead atoms. The van der Waals surface area contributed by atoms with E-state index < -0.39 is 47.3 Å². The fourth-order valence-corrected chi connectivity index (χ4v) is 4.01. The van der Waals surface area contributed by atoms with Gasteiger partial charge >= 0.3 is 6.18 Å². The lowest BCUT2D eigenvalue weighted by Crippen LogP contribution is -2.41. The Bertz CT molecular complexity index is 1310. The van der Waals surface area contributed by atoms with Crippen molar-refractivity contribution in [3.63, 3.8) is 0 Å². The summed E-state index contributed by atoms with van der Waals surface area (Å²) in [5.41, 5.74) is -1.33. The van der Waals surface area contributed by atoms with Gasteiger partial charge in [0.1, 0.15) is 22.9 Å². The molecule has 1 aliphatic heterocycles. The van der Waals surface area contributed by atoms with Gasteiger partial charge < -0.3 is 18.7 Å². The van der Waals surface area contributed by atoms with Crippen LogP contribution in [0.3, 0.4) is 0 Å². The highest BCUT2D eigenvalue weighted by molar-refractivity contribution is 5.93. The number of hydrogen-bond donors (Lipinski definition) is 1. The van der Waals surface area contributed by atoms with Crippen molar-refractivity contribution in [3.8, 4) is 0 Å². The largest absolute Gasteiger partial charge is 0.458 e. The number of carbonyl (C=O) groups is 1. The minimum Gasteiger partial charge on any atom is -0.458 e. The van der Waals surface area contributed by atoms with Gasteiger partial charge in [0, 0.05) is 24.0 Å². The first-order chi connectivity index (χ1) is 15.3. The van der Waals surface area contributed by atoms with Gasteiger partial charge in [-0.2, -0.15) is 13.2 Å². The van der Waals surface area contributed by atoms with E-state index in [1.54, 1.807) is 0 Å². The highest BCUT2D eigenvalue weighted by Crippen LogP contribution is 2.46. The zero-order valence-corrected chi connectivity index (χ0v) is 16.0. The van der Waals surface area contributed by atoms with Crippen molar-refractivity contribution in [3.05, 3.63) is 71.2 Å². The van der Waals surface area contributed by atoms with Gasteiger partial charge in [0.15, 0.2) is 12.1 Å². The summed E-state index contributed by atoms with van der Waals surface area (Å²) in [5.74, 6) is -2.34. The number of furan rings is 1. The summed E-state index contributed by atoms with van der Waals surface area (Å²) < 4.78 is 79.4. The van der Waals surface area contributed by atoms with Crippen LogP contribution >= 0.6 is 0 Å². The number of aromatic nitrogens is 3. The average Bonchev–Trinajstić information content (AvgIpc) is 3.49. The van der Waals surface area contributed by atoms with E-state index in [0.29, 0.717) is 12.1 Å². The third-order valence-corrected chi connectivity index (χ3v) is 5.34. The van der Waals surface area contributed by atoms with E-state index in [0.717, 1.165) is 4.90 Å². The number of H-pyrrole nitrogens is 1. The molecule has 7 nitrogen and oxygen atoms in total. The molecular weight excluding hydrogens is 439 g/mol. The van der Waals surface area contributed by atoms with Gasteiger partial charge in [-0.3, -0.25) is 4.79 Å². The Kier molecular flexibility index (Phi) is 4.53. The summed E-state index contributed by atoms with van der Waals surface area (Å²) >= 11 is 0. The summed E-state index contributed by atoms with van der Waals surface area (Å²) in [6.07, 6.45) is -5.72. The summed E-state index contributed by atoms with van der Waals surface area (Å²) in [4.78, 5) is 24.5. The zero-order valence-electron chi connectivity index (χ0n) is 16.0. The Labute approximate surface area is 175 Å². The molecule has 0 saturated carbocycles. The van der Waals surface area contributed by atoms with E-state index in [2.05, 4.69) is 15.0 Å². The van der Waals surface area contributed by atoms with Crippen LogP contribution in [0.15, 0.2) is 45.8 Å². The van der Waals surface area contributed by atoms with Gasteiger partial charge in [0.25, 0.3) is 12.3 Å². The van der Waals surface area contributed by atoms with Gasteiger partial charge in [-0.1, -0.05) is 18.2 Å². The van der Waals surface area contributed by atoms with E-state index in [9.17, 15) is 26.7 Å². The van der Waals surface area contributed by atoms with Crippen LogP contribution in [0, 0.1) is 0 Å². The number of halogens is 5. The predicted molar refractivity (Wildman–Crippen MR) is 97.8 cm³/mol. The normalized spacial score (nSPS) is 16.7. The number of benzene rings is 1. The molecule has 5 rings (SSSR count). The quantitative estimate of drug-likeness (QED) is 0.448. The highest BCUT2D eigenvalue weighted by atomic mass is 19.4. The number of imidazole rings is 1. The number of amides is 1. The first kappa shape index (κ1) is 20.2. The average molecular weight is 452 g/mol. The van der Waals surface area contributed by atoms with E-state index in [-0.39, 0.29) is 29.6 Å². The van der Waals surface area contributed by atoms with Crippen LogP contribution in [0.4, 0.5) is 22.0 Å². The SMILES string of the molecule is O=C(c1ocnc1C(F)F)N1CCc2[nH]cnc2[C@@H]1c1oc2ccccc2c1C(F)(F)F. The first-order valence-electron chi connectivity index (χ1n) is 9.40. The first-order valence-corrected chi connectivity index (χ1v) is 9.40. The molecule has 4 aromatic rings. The van der Waals surface area contributed by atoms with E-state index in [1.807, 2.05) is 0 Å². The monoisotopic (exact) mass is 452 g/mol. The minimum absolute atomic E-state index is 0.0298. The van der Waals surface area contributed by atoms with Crippen molar-refractivity contribution in [2.24, 2.45) is 0 Å². The van der Waals surface area contributed by atoms with Crippen LogP contribution in [0.1, 0.15) is 51.4 Å². The molecule has 1 amide bonds. The molecule has 166 valence electrons. The Balaban J connectivity index is 1.72. The van der Waals surface area contributed by atoms with Crippen LogP contribution < -0.4 is 0 Å². The fourth-order valence-electron chi connectivity index (χ4n) is 4.01. The summed E-state index contributed by atoms with van der Waals surface area (Å²) in [5, 5.41) is -0.182. The second-order valence-electron chi connectivity index (χ2n) is 7.12. The number of hydrogen-bond acceptors (Lipinski definition) is 5. The van der Waals surface area contributed by atoms with E-state index in [4.69, 9.17) is 8.83 Å². The fraction of sp³-hybridized carbons (Fsp3) is 0.250. The third kappa shape index (κ3) is 3.05. The summed E-state index contributed by atoms with van der Waals surface area (Å²) in [7, 11) is 0. The number of rotatable bonds is 3. The smallest absolute Gasteiger partial charge is 0.420 e. The van der Waals surface area contributed by atoms with Crippen LogP contribution in [0.2, 0.25) is 0 Å². The molecule has 0 spiro atoms. The lowest BCUT2D eigenvalue weighted by Gasteiger charge is -2.33. The van der Waals surface area contributed by atoms with Crippen molar-refractivity contribution in [2.45, 2.75) is 25.1 Å². The van der Waals surface area contributed by atoms with Crippen molar-refractivity contribution in [2.75, 3.05) is 6.54 Å². The van der Waals surface area contributed by atoms with Gasteiger partial charge in [0.05, 0.1) is 12.0 Å². The molecule has 1 N–H and O–H groups in total. The molecule has 3 aromatic heterocycles. The molecule has 0 saturated heterocycles. The highest BCUT2D eigenvalue weighted by Gasteiger charge is 2.46. The number of para-hydroxylation sites is 1. The van der Waals surface area contributed by atoms with E-state index >= 15 is 0 Å². The number of alkyl halides is 5. The molecule has 1 aromatic carbocycles. The molecule has 1 aliphatic rings. The lowest BCUT2D eigenvalue weighted by atomic mass is 9.96. The van der Waals surface area contributed by atoms with Crippen LogP contribution in [0.5, 0.6) is 0 Å². The number of carbonyl (C=O) groups excluding carboxylic acids is 1. The van der Waals surface area contributed by atoms with Gasteiger partial charge in [0.2, 0.25) is 5.76 Å². The number of nitrogens with one attached hydrogen (secondary N) is 1. The molecule has 1 atom stereocenters. The van der Waals surface area contributed by atoms with Gasteiger partial charge in [-0.15, -0.1) is 0 Å². The lowest BCUT2D eigenvalue weighted by molar-refractivity contribution is -0.138. The Hall–Kier alpha value is -3.70. The zero-order chi connectivity index (χ0) is 22.6. The Morgan fingerprint density at radius 2 is 2.00 bits per heavy atom. The van der Waals surface area contributed by atoms with Gasteiger partial charge in [-0.05, 0) is 6.07 Å². The van der Waals surface area contributed by atoms with Crippen molar-refractivity contribution < 1.29 is 35.6 Å². The van der Waals surface area contributed by atoms with Crippen molar-refractivity contribution in [1.29, 1.82) is 0 Å². The van der Waals surface area contributed by atoms with Crippen LogP contribution in [-0.4, -0.2) is 32.3 Å². The molecule has 0 unspecified atom stereocenters. The number of oxazole rings is 1. The molecular formula is C20H13F5N4O3. The maximum atomic E-state index is 14.1. The minimum atomic E-state index is -4.81. The predicted octanol–water partition coefficient (Wildman–Crippen LogP) is 4.89. The van der Waals surface area contributed by atoms with Gasteiger partial charge in [-0.25, -0.2) is 18.7 Å².